The molecule has 150 valence electrons. The molecule has 0 spiro atoms. The van der Waals surface area contributed by atoms with Crippen LogP contribution in [0.2, 0.25) is 0 Å². The van der Waals surface area contributed by atoms with Crippen LogP contribution in [0.3, 0.4) is 0 Å². The first-order chi connectivity index (χ1) is 14.6. The van der Waals surface area contributed by atoms with Gasteiger partial charge in [0, 0.05) is 23.9 Å². The van der Waals surface area contributed by atoms with Crippen LogP contribution in [-0.4, -0.2) is 23.0 Å². The smallest absolute Gasteiger partial charge is 0.243 e. The number of benzene rings is 2. The lowest BCUT2D eigenvalue weighted by Gasteiger charge is -2.10. The average molecular weight is 419 g/mol. The summed E-state index contributed by atoms with van der Waals surface area (Å²) in [5, 5.41) is 3.59. The molecule has 5 nitrogen and oxygen atoms in total. The summed E-state index contributed by atoms with van der Waals surface area (Å²) in [6.45, 7) is 3.77. The Morgan fingerprint density at radius 1 is 1.23 bits per heavy atom. The normalized spacial score (nSPS) is 10.7. The first-order valence-corrected chi connectivity index (χ1v) is 9.99. The van der Waals surface area contributed by atoms with E-state index >= 15 is 0 Å². The highest BCUT2D eigenvalue weighted by Crippen LogP contribution is 2.35. The Hall–Kier alpha value is -3.58. The van der Waals surface area contributed by atoms with E-state index in [9.17, 15) is 9.18 Å². The third-order valence-electron chi connectivity index (χ3n) is 4.59. The van der Waals surface area contributed by atoms with E-state index < -0.39 is 0 Å². The fourth-order valence-corrected chi connectivity index (χ4v) is 4.05. The fraction of sp³-hybridized carbons (Fsp3) is 0.0870. The van der Waals surface area contributed by atoms with Gasteiger partial charge in [0.1, 0.15) is 16.6 Å². The van der Waals surface area contributed by atoms with E-state index in [2.05, 4.69) is 16.9 Å². The van der Waals surface area contributed by atoms with Gasteiger partial charge >= 0.3 is 0 Å². The van der Waals surface area contributed by atoms with E-state index in [1.807, 2.05) is 24.3 Å². The standard InChI is InChI=1S/C23H18FN3O2S/c1-3-22(28)26-13-15-12-25-20(14-4-6-16(24)7-5-14)11-18(15)23-27-19-9-8-17(29-2)10-21(19)30-23/h3-12H,1,13H2,2H3,(H,26,28). The number of fused-ring (bicyclic) bond motifs is 1. The Balaban J connectivity index is 1.81. The molecule has 0 saturated carbocycles. The van der Waals surface area contributed by atoms with Gasteiger partial charge in [0.05, 0.1) is 23.0 Å². The quantitative estimate of drug-likeness (QED) is 0.448. The van der Waals surface area contributed by atoms with E-state index in [0.717, 1.165) is 37.7 Å². The van der Waals surface area contributed by atoms with Crippen LogP contribution in [-0.2, 0) is 11.3 Å². The molecule has 0 bridgehead atoms. The minimum atomic E-state index is -0.303. The number of nitrogens with zero attached hydrogens (tertiary/aromatic N) is 2. The van der Waals surface area contributed by atoms with Crippen molar-refractivity contribution in [2.45, 2.75) is 6.54 Å². The first-order valence-electron chi connectivity index (χ1n) is 9.17. The minimum absolute atomic E-state index is 0.266. The van der Waals surface area contributed by atoms with Crippen molar-refractivity contribution in [1.29, 1.82) is 0 Å². The molecule has 0 aliphatic carbocycles. The Morgan fingerprint density at radius 3 is 2.77 bits per heavy atom. The zero-order chi connectivity index (χ0) is 21.1. The van der Waals surface area contributed by atoms with Gasteiger partial charge in [0.15, 0.2) is 0 Å². The summed E-state index contributed by atoms with van der Waals surface area (Å²) in [6, 6.07) is 13.8. The van der Waals surface area contributed by atoms with Gasteiger partial charge in [-0.15, -0.1) is 11.3 Å². The van der Waals surface area contributed by atoms with Crippen LogP contribution in [0, 0.1) is 5.82 Å². The van der Waals surface area contributed by atoms with Crippen molar-refractivity contribution in [2.75, 3.05) is 7.11 Å². The summed E-state index contributed by atoms with van der Waals surface area (Å²) in [7, 11) is 1.63. The highest BCUT2D eigenvalue weighted by Gasteiger charge is 2.14. The number of hydrogen-bond acceptors (Lipinski definition) is 5. The second kappa shape index (κ2) is 8.42. The van der Waals surface area contributed by atoms with Crippen molar-refractivity contribution in [3.8, 4) is 27.6 Å². The molecule has 1 N–H and O–H groups in total. The average Bonchev–Trinajstić information content (AvgIpc) is 3.21. The molecular weight excluding hydrogens is 401 g/mol. The number of amides is 1. The van der Waals surface area contributed by atoms with Crippen molar-refractivity contribution in [3.63, 3.8) is 0 Å². The lowest BCUT2D eigenvalue weighted by atomic mass is 10.1. The zero-order valence-electron chi connectivity index (χ0n) is 16.2. The molecule has 2 aromatic carbocycles. The number of rotatable bonds is 6. The molecule has 1 amide bonds. The number of thiazole rings is 1. The molecule has 2 heterocycles. The monoisotopic (exact) mass is 419 g/mol. The van der Waals surface area contributed by atoms with Crippen LogP contribution >= 0.6 is 11.3 Å². The van der Waals surface area contributed by atoms with Crippen molar-refractivity contribution in [3.05, 3.63) is 78.8 Å². The summed E-state index contributed by atoms with van der Waals surface area (Å²) < 4.78 is 19.6. The zero-order valence-corrected chi connectivity index (χ0v) is 17.0. The lowest BCUT2D eigenvalue weighted by molar-refractivity contribution is -0.116. The van der Waals surface area contributed by atoms with Crippen LogP contribution in [0.25, 0.3) is 32.0 Å². The van der Waals surface area contributed by atoms with Crippen molar-refractivity contribution >= 4 is 27.5 Å². The van der Waals surface area contributed by atoms with Gasteiger partial charge in [-0.3, -0.25) is 9.78 Å². The van der Waals surface area contributed by atoms with E-state index in [0.29, 0.717) is 5.69 Å². The van der Waals surface area contributed by atoms with Gasteiger partial charge in [0.25, 0.3) is 0 Å². The number of hydrogen-bond donors (Lipinski definition) is 1. The molecule has 2 aromatic heterocycles. The number of ether oxygens (including phenoxy) is 1. The molecule has 0 unspecified atom stereocenters. The lowest BCUT2D eigenvalue weighted by Crippen LogP contribution is -2.20. The summed E-state index contributed by atoms with van der Waals surface area (Å²) in [5.74, 6) is 0.193. The molecule has 0 fully saturated rings. The van der Waals surface area contributed by atoms with Crippen molar-refractivity contribution in [2.24, 2.45) is 0 Å². The largest absolute Gasteiger partial charge is 0.497 e. The molecule has 0 atom stereocenters. The molecule has 4 rings (SSSR count). The van der Waals surface area contributed by atoms with E-state index in [1.54, 1.807) is 25.4 Å². The van der Waals surface area contributed by atoms with E-state index in [1.165, 1.54) is 29.5 Å². The maximum absolute atomic E-state index is 13.3. The molecular formula is C23H18FN3O2S. The van der Waals surface area contributed by atoms with Crippen LogP contribution in [0.15, 0.2) is 67.4 Å². The third-order valence-corrected chi connectivity index (χ3v) is 5.64. The number of halogens is 1. The number of carbonyl (C=O) groups is 1. The van der Waals surface area contributed by atoms with Crippen LogP contribution in [0.1, 0.15) is 5.56 Å². The van der Waals surface area contributed by atoms with E-state index in [-0.39, 0.29) is 18.3 Å². The molecule has 0 saturated heterocycles. The summed E-state index contributed by atoms with van der Waals surface area (Å²) >= 11 is 1.53. The minimum Gasteiger partial charge on any atom is -0.497 e. The number of carbonyl (C=O) groups excluding carboxylic acids is 1. The number of pyridine rings is 1. The van der Waals surface area contributed by atoms with Crippen molar-refractivity contribution < 1.29 is 13.9 Å². The topological polar surface area (TPSA) is 64.1 Å². The predicted octanol–water partition coefficient (Wildman–Crippen LogP) is 4.98. The maximum Gasteiger partial charge on any atom is 0.243 e. The van der Waals surface area contributed by atoms with Gasteiger partial charge in [-0.25, -0.2) is 9.37 Å². The summed E-state index contributed by atoms with van der Waals surface area (Å²) in [5.41, 5.74) is 4.02. The SMILES string of the molecule is C=CC(=O)NCc1cnc(-c2ccc(F)cc2)cc1-c1nc2ccc(OC)cc2s1. The van der Waals surface area contributed by atoms with Gasteiger partial charge < -0.3 is 10.1 Å². The highest BCUT2D eigenvalue weighted by atomic mass is 32.1. The molecule has 4 aromatic rings. The summed E-state index contributed by atoms with van der Waals surface area (Å²) in [6.07, 6.45) is 2.94. The van der Waals surface area contributed by atoms with Crippen molar-refractivity contribution in [1.82, 2.24) is 15.3 Å². The number of nitrogens with one attached hydrogen (secondary N) is 1. The van der Waals surface area contributed by atoms with Gasteiger partial charge in [-0.05, 0) is 60.2 Å². The van der Waals surface area contributed by atoms with Crippen LogP contribution in [0.4, 0.5) is 4.39 Å². The Bertz CT molecular complexity index is 1240. The van der Waals surface area contributed by atoms with Crippen LogP contribution in [0.5, 0.6) is 5.75 Å². The van der Waals surface area contributed by atoms with E-state index in [4.69, 9.17) is 9.72 Å². The van der Waals surface area contributed by atoms with Gasteiger partial charge in [-0.1, -0.05) is 6.58 Å². The number of methoxy groups -OCH3 is 1. The second-order valence-corrected chi connectivity index (χ2v) is 7.54. The molecule has 7 heteroatoms. The Labute approximate surface area is 176 Å². The molecule has 0 aliphatic heterocycles. The molecule has 0 aliphatic rings. The number of aromatic nitrogens is 2. The first kappa shape index (κ1) is 19.7. The Kier molecular flexibility index (Phi) is 5.54. The molecule has 30 heavy (non-hydrogen) atoms. The van der Waals surface area contributed by atoms with Gasteiger partial charge in [0.2, 0.25) is 5.91 Å². The predicted molar refractivity (Wildman–Crippen MR) is 117 cm³/mol. The third kappa shape index (κ3) is 4.06. The van der Waals surface area contributed by atoms with Gasteiger partial charge in [-0.2, -0.15) is 0 Å². The highest BCUT2D eigenvalue weighted by molar-refractivity contribution is 7.21. The maximum atomic E-state index is 13.3. The molecule has 0 radical (unpaired) electrons. The summed E-state index contributed by atoms with van der Waals surface area (Å²) in [4.78, 5) is 20.9. The fourth-order valence-electron chi connectivity index (χ4n) is 3.00. The second-order valence-electron chi connectivity index (χ2n) is 6.51. The van der Waals surface area contributed by atoms with Crippen LogP contribution < -0.4 is 10.1 Å². The Morgan fingerprint density at radius 2 is 2.03 bits per heavy atom.